The highest BCUT2D eigenvalue weighted by Gasteiger charge is 2.16. The second-order valence-electron chi connectivity index (χ2n) is 5.30. The molecule has 0 heterocycles. The van der Waals surface area contributed by atoms with Crippen LogP contribution in [0, 0.1) is 5.41 Å². The topological polar surface area (TPSA) is 178 Å². The first kappa shape index (κ1) is 25.6. The number of nitrogens with two attached hydrogens (primary N) is 2. The molecule has 0 aromatic rings. The minimum Gasteiger partial charge on any atom is -0.370 e. The predicted octanol–water partition coefficient (Wildman–Crippen LogP) is -2.06. The monoisotopic (exact) mass is 381 g/mol. The molecule has 10 nitrogen and oxygen atoms in total. The largest absolute Gasteiger partial charge is 0.370 e. The molecule has 0 fully saturated rings. The summed E-state index contributed by atoms with van der Waals surface area (Å²) in [4.78, 5) is 23.1. The zero-order chi connectivity index (χ0) is 18.2. The summed E-state index contributed by atoms with van der Waals surface area (Å²) in [5.41, 5.74) is 10.5. The quantitative estimate of drug-likeness (QED) is 0.0737. The molecule has 0 bridgehead atoms. The van der Waals surface area contributed by atoms with Crippen LogP contribution in [0.4, 0.5) is 0 Å². The van der Waals surface area contributed by atoms with Gasteiger partial charge < -0.3 is 37.8 Å². The van der Waals surface area contributed by atoms with Crippen molar-refractivity contribution < 1.29 is 14.7 Å². The Labute approximate surface area is 154 Å². The fraction of sp³-hybridized carbons (Fsp3) is 0.786. The lowest BCUT2D eigenvalue weighted by atomic mass is 10.3. The van der Waals surface area contributed by atoms with Crippen LogP contribution in [0.15, 0.2) is 0 Å². The molecule has 148 valence electrons. The van der Waals surface area contributed by atoms with Crippen molar-refractivity contribution in [3.8, 4) is 0 Å². The molecule has 0 radical (unpaired) electrons. The average molecular weight is 382 g/mol. The summed E-state index contributed by atoms with van der Waals surface area (Å²) < 4.78 is 0. The highest BCUT2D eigenvalue weighted by atomic mass is 35.5. The summed E-state index contributed by atoms with van der Waals surface area (Å²) in [6, 6.07) is 0. The number of halogens is 1. The second kappa shape index (κ2) is 17.2. The molecule has 25 heavy (non-hydrogen) atoms. The number of aliphatic hydroxyl groups excluding tert-OH is 1. The Hall–Kier alpha value is -1.62. The first-order valence-electron chi connectivity index (χ1n) is 8.21. The number of guanidine groups is 1. The van der Waals surface area contributed by atoms with E-state index in [1.165, 1.54) is 0 Å². The average Bonchev–Trinajstić information content (AvgIpc) is 2.53. The molecule has 0 aliphatic heterocycles. The molecule has 2 amide bonds. The van der Waals surface area contributed by atoms with Crippen molar-refractivity contribution in [3.63, 3.8) is 0 Å². The molecular weight excluding hydrogens is 350 g/mol. The third kappa shape index (κ3) is 17.0. The van der Waals surface area contributed by atoms with E-state index in [-0.39, 0.29) is 24.8 Å². The van der Waals surface area contributed by atoms with Gasteiger partial charge in [0.1, 0.15) is 0 Å². The third-order valence-electron chi connectivity index (χ3n) is 3.08. The summed E-state index contributed by atoms with van der Waals surface area (Å²) in [5.74, 6) is -1.22. The number of aliphatic hydroxyl groups is 1. The molecule has 1 atom stereocenters. The maximum atomic E-state index is 11.6. The molecule has 1 unspecified atom stereocenters. The molecule has 0 aromatic heterocycles. The summed E-state index contributed by atoms with van der Waals surface area (Å²) in [7, 11) is 0. The fourth-order valence-corrected chi connectivity index (χ4v) is 1.80. The van der Waals surface area contributed by atoms with Gasteiger partial charge in [-0.15, -0.1) is 12.4 Å². The Morgan fingerprint density at radius 2 is 1.60 bits per heavy atom. The Morgan fingerprint density at radius 3 is 2.24 bits per heavy atom. The standard InChI is InChI=1S/C14H31N7O3.ClH/c15-6-4-8-18-7-1-2-9-19-12(23)13(24)21-11(22)5-3-10-20-14(16)17;/h13,18,24H,1-10,15H2,(H,19,23)(H,21,22)(H4,16,17,20);1H. The molecule has 0 rings (SSSR count). The van der Waals surface area contributed by atoms with Crippen molar-refractivity contribution in [2.45, 2.75) is 38.3 Å². The van der Waals surface area contributed by atoms with Crippen LogP contribution in [0.5, 0.6) is 0 Å². The van der Waals surface area contributed by atoms with Crippen LogP contribution in [0.3, 0.4) is 0 Å². The third-order valence-corrected chi connectivity index (χ3v) is 3.08. The van der Waals surface area contributed by atoms with Crippen LogP contribution in [0.25, 0.3) is 0 Å². The lowest BCUT2D eigenvalue weighted by Crippen LogP contribution is -2.47. The number of unbranched alkanes of at least 4 members (excludes halogenated alkanes) is 1. The van der Waals surface area contributed by atoms with Gasteiger partial charge in [-0.1, -0.05) is 0 Å². The van der Waals surface area contributed by atoms with E-state index < -0.39 is 18.0 Å². The lowest BCUT2D eigenvalue weighted by molar-refractivity contribution is -0.136. The zero-order valence-electron chi connectivity index (χ0n) is 14.5. The second-order valence-corrected chi connectivity index (χ2v) is 5.30. The number of rotatable bonds is 14. The number of carbonyl (C=O) groups is 2. The van der Waals surface area contributed by atoms with Gasteiger partial charge in [0, 0.05) is 19.5 Å². The Morgan fingerprint density at radius 1 is 1.00 bits per heavy atom. The zero-order valence-corrected chi connectivity index (χ0v) is 15.3. The smallest absolute Gasteiger partial charge is 0.269 e. The highest BCUT2D eigenvalue weighted by molar-refractivity contribution is 5.86. The van der Waals surface area contributed by atoms with E-state index >= 15 is 0 Å². The molecule has 0 aliphatic carbocycles. The number of hydrogen-bond acceptors (Lipinski definition) is 6. The molecule has 0 saturated carbocycles. The Bertz CT molecular complexity index is 385. The van der Waals surface area contributed by atoms with Crippen molar-refractivity contribution in [2.24, 2.45) is 11.5 Å². The van der Waals surface area contributed by atoms with Crippen molar-refractivity contribution in [1.82, 2.24) is 21.3 Å². The van der Waals surface area contributed by atoms with Crippen LogP contribution >= 0.6 is 12.4 Å². The molecule has 0 aromatic carbocycles. The van der Waals surface area contributed by atoms with Gasteiger partial charge in [-0.05, 0) is 45.3 Å². The van der Waals surface area contributed by atoms with Gasteiger partial charge in [0.25, 0.3) is 5.91 Å². The Balaban J connectivity index is 0. The summed E-state index contributed by atoms with van der Waals surface area (Å²) >= 11 is 0. The van der Waals surface area contributed by atoms with E-state index in [2.05, 4.69) is 21.3 Å². The van der Waals surface area contributed by atoms with E-state index in [0.717, 1.165) is 32.4 Å². The van der Waals surface area contributed by atoms with Gasteiger partial charge in [-0.2, -0.15) is 0 Å². The van der Waals surface area contributed by atoms with Crippen LogP contribution in [-0.2, 0) is 9.59 Å². The first-order chi connectivity index (χ1) is 11.5. The van der Waals surface area contributed by atoms with Crippen LogP contribution in [0.2, 0.25) is 0 Å². The van der Waals surface area contributed by atoms with Gasteiger partial charge in [-0.3, -0.25) is 15.0 Å². The van der Waals surface area contributed by atoms with E-state index in [9.17, 15) is 14.7 Å². The van der Waals surface area contributed by atoms with Crippen molar-refractivity contribution in [2.75, 3.05) is 32.7 Å². The molecule has 11 heteroatoms. The maximum Gasteiger partial charge on any atom is 0.269 e. The van der Waals surface area contributed by atoms with Crippen LogP contribution in [-0.4, -0.2) is 61.8 Å². The van der Waals surface area contributed by atoms with Gasteiger partial charge in [0.15, 0.2) is 5.96 Å². The molecule has 0 spiro atoms. The van der Waals surface area contributed by atoms with E-state index in [4.69, 9.17) is 16.9 Å². The number of amides is 2. The normalized spacial score (nSPS) is 11.1. The lowest BCUT2D eigenvalue weighted by Gasteiger charge is -2.13. The maximum absolute atomic E-state index is 11.6. The van der Waals surface area contributed by atoms with Crippen molar-refractivity contribution >= 4 is 30.2 Å². The number of nitrogens with one attached hydrogen (secondary N) is 5. The fourth-order valence-electron chi connectivity index (χ4n) is 1.80. The van der Waals surface area contributed by atoms with E-state index in [1.54, 1.807) is 0 Å². The van der Waals surface area contributed by atoms with Crippen molar-refractivity contribution in [1.29, 1.82) is 5.41 Å². The summed E-state index contributed by atoms with van der Waals surface area (Å²) in [5, 5.41) is 27.1. The van der Waals surface area contributed by atoms with Crippen LogP contribution in [0.1, 0.15) is 32.1 Å². The van der Waals surface area contributed by atoms with Gasteiger partial charge in [0.05, 0.1) is 0 Å². The molecule has 0 saturated heterocycles. The predicted molar refractivity (Wildman–Crippen MR) is 99.3 cm³/mol. The highest BCUT2D eigenvalue weighted by Crippen LogP contribution is 1.90. The van der Waals surface area contributed by atoms with E-state index in [1.807, 2.05) is 0 Å². The number of hydrogen-bond donors (Lipinski definition) is 8. The summed E-state index contributed by atoms with van der Waals surface area (Å²) in [6.07, 6.45) is 1.62. The van der Waals surface area contributed by atoms with Gasteiger partial charge in [-0.25, -0.2) is 0 Å². The van der Waals surface area contributed by atoms with Gasteiger partial charge in [0.2, 0.25) is 12.1 Å². The minimum atomic E-state index is -1.55. The Kier molecular flexibility index (Phi) is 17.6. The van der Waals surface area contributed by atoms with Crippen molar-refractivity contribution in [3.05, 3.63) is 0 Å². The first-order valence-corrected chi connectivity index (χ1v) is 8.21. The molecule has 0 aliphatic rings. The number of carbonyl (C=O) groups excluding carboxylic acids is 2. The van der Waals surface area contributed by atoms with Gasteiger partial charge >= 0.3 is 0 Å². The minimum absolute atomic E-state index is 0. The SMILES string of the molecule is Cl.N=C(N)NCCCC(=O)NC(O)C(=O)NCCCCNCCCN. The molecular formula is C14H32ClN7O3. The summed E-state index contributed by atoms with van der Waals surface area (Å²) in [6.45, 7) is 3.22. The van der Waals surface area contributed by atoms with Crippen LogP contribution < -0.4 is 32.7 Å². The van der Waals surface area contributed by atoms with E-state index in [0.29, 0.717) is 26.1 Å². The molecule has 10 N–H and O–H groups in total.